The van der Waals surface area contributed by atoms with Gasteiger partial charge in [0.1, 0.15) is 0 Å². The van der Waals surface area contributed by atoms with Gasteiger partial charge in [0, 0.05) is 38.6 Å². The van der Waals surface area contributed by atoms with Gasteiger partial charge in [-0.2, -0.15) is 4.31 Å². The molecule has 0 radical (unpaired) electrons. The Balaban J connectivity index is 1.64. The van der Waals surface area contributed by atoms with Gasteiger partial charge in [-0.05, 0) is 68.0 Å². The van der Waals surface area contributed by atoms with Crippen LogP contribution in [0.25, 0.3) is 11.0 Å². The third-order valence-corrected chi connectivity index (χ3v) is 9.14. The molecule has 0 bridgehead atoms. The van der Waals surface area contributed by atoms with Crippen LogP contribution in [-0.2, 0) is 27.1 Å². The van der Waals surface area contributed by atoms with Crippen molar-refractivity contribution in [3.63, 3.8) is 0 Å². The molecule has 196 valence electrons. The van der Waals surface area contributed by atoms with Crippen LogP contribution >= 0.6 is 11.8 Å². The summed E-state index contributed by atoms with van der Waals surface area (Å²) in [7, 11) is -3.64. The molecule has 1 unspecified atom stereocenters. The molecule has 11 heteroatoms. The van der Waals surface area contributed by atoms with E-state index in [4.69, 9.17) is 4.74 Å². The Labute approximate surface area is 213 Å². The molecule has 2 heterocycles. The monoisotopic (exact) mass is 541 g/mol. The maximum atomic E-state index is 13.7. The molecule has 1 aliphatic rings. The zero-order valence-electron chi connectivity index (χ0n) is 20.3. The van der Waals surface area contributed by atoms with Gasteiger partial charge >= 0.3 is 0 Å². The van der Waals surface area contributed by atoms with E-state index in [2.05, 4.69) is 11.9 Å². The highest BCUT2D eigenvalue weighted by atomic mass is 32.2. The fraction of sp³-hybridized carbons (Fsp3) is 0.480. The van der Waals surface area contributed by atoms with Crippen molar-refractivity contribution in [2.45, 2.75) is 55.5 Å². The number of nitrogens with zero attached hydrogens (tertiary/aromatic N) is 3. The molecule has 3 aromatic rings. The van der Waals surface area contributed by atoms with Crippen molar-refractivity contribution in [1.82, 2.24) is 13.9 Å². The van der Waals surface area contributed by atoms with Crippen molar-refractivity contribution < 1.29 is 26.3 Å². The third kappa shape index (κ3) is 5.90. The molecule has 1 atom stereocenters. The summed E-state index contributed by atoms with van der Waals surface area (Å²) in [6.45, 7) is 6.69. The van der Waals surface area contributed by atoms with E-state index in [0.29, 0.717) is 55.9 Å². The van der Waals surface area contributed by atoms with Gasteiger partial charge in [0.2, 0.25) is 10.0 Å². The third-order valence-electron chi connectivity index (χ3n) is 6.23. The second kappa shape index (κ2) is 11.5. The van der Waals surface area contributed by atoms with Crippen LogP contribution in [0.3, 0.4) is 0 Å². The SMILES string of the molecule is CCOCCCn1c(SCc2cc(F)c(F)c(F)c2)nc2cc(S(=O)(=O)N3CCCC(C)C3)ccc21. The summed E-state index contributed by atoms with van der Waals surface area (Å²) in [4.78, 5) is 4.86. The van der Waals surface area contributed by atoms with E-state index < -0.39 is 27.5 Å². The van der Waals surface area contributed by atoms with Crippen molar-refractivity contribution in [3.8, 4) is 0 Å². The fourth-order valence-electron chi connectivity index (χ4n) is 4.40. The van der Waals surface area contributed by atoms with Gasteiger partial charge < -0.3 is 9.30 Å². The number of ether oxygens (including phenoxy) is 1. The Kier molecular flexibility index (Phi) is 8.64. The molecule has 4 rings (SSSR count). The van der Waals surface area contributed by atoms with Gasteiger partial charge in [-0.3, -0.25) is 0 Å². The molecule has 2 aromatic carbocycles. The van der Waals surface area contributed by atoms with Crippen LogP contribution in [0.4, 0.5) is 13.2 Å². The first-order chi connectivity index (χ1) is 17.2. The van der Waals surface area contributed by atoms with E-state index in [-0.39, 0.29) is 16.2 Å². The summed E-state index contributed by atoms with van der Waals surface area (Å²) in [6.07, 6.45) is 2.56. The van der Waals surface area contributed by atoms with E-state index >= 15 is 0 Å². The van der Waals surface area contributed by atoms with Crippen LogP contribution in [0.1, 0.15) is 38.7 Å². The van der Waals surface area contributed by atoms with Gasteiger partial charge in [-0.15, -0.1) is 0 Å². The molecular formula is C25H30F3N3O3S2. The molecule has 0 aliphatic carbocycles. The van der Waals surface area contributed by atoms with Crippen molar-refractivity contribution in [1.29, 1.82) is 0 Å². The average Bonchev–Trinajstić information content (AvgIpc) is 3.20. The number of imidazole rings is 1. The number of aromatic nitrogens is 2. The number of piperidine rings is 1. The lowest BCUT2D eigenvalue weighted by Crippen LogP contribution is -2.39. The zero-order chi connectivity index (χ0) is 25.9. The molecule has 0 N–H and O–H groups in total. The van der Waals surface area contributed by atoms with Gasteiger partial charge in [0.05, 0.1) is 15.9 Å². The Morgan fingerprint density at radius 1 is 1.17 bits per heavy atom. The molecule has 6 nitrogen and oxygen atoms in total. The van der Waals surface area contributed by atoms with E-state index in [1.54, 1.807) is 18.2 Å². The second-order valence-electron chi connectivity index (χ2n) is 9.02. The highest BCUT2D eigenvalue weighted by molar-refractivity contribution is 7.98. The number of hydrogen-bond donors (Lipinski definition) is 0. The molecule has 0 spiro atoms. The molecular weight excluding hydrogens is 511 g/mol. The Bertz CT molecular complexity index is 1310. The molecule has 0 amide bonds. The van der Waals surface area contributed by atoms with Crippen LogP contribution in [0.15, 0.2) is 40.4 Å². The first-order valence-electron chi connectivity index (χ1n) is 12.0. The Morgan fingerprint density at radius 3 is 2.61 bits per heavy atom. The van der Waals surface area contributed by atoms with Gasteiger partial charge in [-0.1, -0.05) is 18.7 Å². The lowest BCUT2D eigenvalue weighted by atomic mass is 10.0. The normalized spacial score (nSPS) is 17.2. The van der Waals surface area contributed by atoms with Crippen LogP contribution in [0, 0.1) is 23.4 Å². The number of rotatable bonds is 10. The van der Waals surface area contributed by atoms with E-state index in [0.717, 1.165) is 30.5 Å². The van der Waals surface area contributed by atoms with E-state index in [1.807, 2.05) is 11.5 Å². The minimum atomic E-state index is -3.64. The average molecular weight is 542 g/mol. The number of fused-ring (bicyclic) bond motifs is 1. The maximum Gasteiger partial charge on any atom is 0.243 e. The highest BCUT2D eigenvalue weighted by Crippen LogP contribution is 2.31. The molecule has 1 fully saturated rings. The number of hydrogen-bond acceptors (Lipinski definition) is 5. The summed E-state index contributed by atoms with van der Waals surface area (Å²) in [5.41, 5.74) is 1.57. The standard InChI is InChI=1S/C25H30F3N3O3S2/c1-3-34-11-5-10-31-23-8-7-19(36(32,33)30-9-4-6-17(2)15-30)14-22(23)29-25(31)35-16-18-12-20(26)24(28)21(27)13-18/h7-8,12-14,17H,3-6,9-11,15-16H2,1-2H3. The van der Waals surface area contributed by atoms with Gasteiger partial charge in [-0.25, -0.2) is 26.6 Å². The van der Waals surface area contributed by atoms with E-state index in [1.165, 1.54) is 16.1 Å². The first kappa shape index (κ1) is 27.0. The highest BCUT2D eigenvalue weighted by Gasteiger charge is 2.29. The van der Waals surface area contributed by atoms with Gasteiger partial charge in [0.15, 0.2) is 22.6 Å². The fourth-order valence-corrected chi connectivity index (χ4v) is 6.99. The van der Waals surface area contributed by atoms with Crippen molar-refractivity contribution in [2.24, 2.45) is 5.92 Å². The Hall–Kier alpha value is -2.08. The quantitative estimate of drug-likeness (QED) is 0.190. The predicted molar refractivity (Wildman–Crippen MR) is 134 cm³/mol. The number of benzene rings is 2. The summed E-state index contributed by atoms with van der Waals surface area (Å²) in [5.74, 6) is -3.50. The van der Waals surface area contributed by atoms with Crippen LogP contribution < -0.4 is 0 Å². The largest absolute Gasteiger partial charge is 0.382 e. The van der Waals surface area contributed by atoms with Crippen molar-refractivity contribution in [2.75, 3.05) is 26.3 Å². The van der Waals surface area contributed by atoms with Crippen LogP contribution in [0.2, 0.25) is 0 Å². The maximum absolute atomic E-state index is 13.7. The number of sulfonamides is 1. The molecule has 1 aromatic heterocycles. The summed E-state index contributed by atoms with van der Waals surface area (Å²) < 4.78 is 76.2. The van der Waals surface area contributed by atoms with E-state index in [9.17, 15) is 21.6 Å². The van der Waals surface area contributed by atoms with Crippen LogP contribution in [-0.4, -0.2) is 48.6 Å². The molecule has 36 heavy (non-hydrogen) atoms. The lowest BCUT2D eigenvalue weighted by Gasteiger charge is -2.30. The predicted octanol–water partition coefficient (Wildman–Crippen LogP) is 5.59. The molecule has 0 saturated carbocycles. The molecule has 1 aliphatic heterocycles. The summed E-state index contributed by atoms with van der Waals surface area (Å²) in [5, 5.41) is 0.577. The van der Waals surface area contributed by atoms with Crippen molar-refractivity contribution >= 4 is 32.8 Å². The summed E-state index contributed by atoms with van der Waals surface area (Å²) >= 11 is 1.25. The van der Waals surface area contributed by atoms with Crippen LogP contribution in [0.5, 0.6) is 0 Å². The topological polar surface area (TPSA) is 64.4 Å². The zero-order valence-corrected chi connectivity index (χ0v) is 22.0. The number of aryl methyl sites for hydroxylation is 1. The Morgan fingerprint density at radius 2 is 1.92 bits per heavy atom. The smallest absolute Gasteiger partial charge is 0.243 e. The second-order valence-corrected chi connectivity index (χ2v) is 11.9. The number of halogens is 3. The minimum absolute atomic E-state index is 0.166. The first-order valence-corrected chi connectivity index (χ1v) is 14.5. The lowest BCUT2D eigenvalue weighted by molar-refractivity contribution is 0.141. The minimum Gasteiger partial charge on any atom is -0.382 e. The molecule has 1 saturated heterocycles. The summed E-state index contributed by atoms with van der Waals surface area (Å²) in [6, 6.07) is 6.89. The van der Waals surface area contributed by atoms with Crippen molar-refractivity contribution in [3.05, 3.63) is 53.3 Å². The van der Waals surface area contributed by atoms with Gasteiger partial charge in [0.25, 0.3) is 0 Å². The number of thioether (sulfide) groups is 1.